The molecule has 0 aromatic carbocycles. The minimum Gasteiger partial charge on any atom is -0.465 e. The number of methoxy groups -OCH3 is 1. The number of hydrogen-bond donors (Lipinski definition) is 0. The summed E-state index contributed by atoms with van der Waals surface area (Å²) in [5.74, 6) is -0.416. The first-order valence-electron chi connectivity index (χ1n) is 2.88. The van der Waals surface area contributed by atoms with E-state index in [1.807, 2.05) is 0 Å². The molecule has 0 radical (unpaired) electrons. The van der Waals surface area contributed by atoms with Crippen LogP contribution in [0.2, 0.25) is 0 Å². The lowest BCUT2D eigenvalue weighted by Gasteiger charge is -1.97. The van der Waals surface area contributed by atoms with Crippen LogP contribution in [0, 0.1) is 0 Å². The van der Waals surface area contributed by atoms with Crippen LogP contribution >= 0.6 is 15.9 Å². The fraction of sp³-hybridized carbons (Fsp3) is 0.125. The highest BCUT2D eigenvalue weighted by Gasteiger charge is 2.03. The molecule has 0 aliphatic carbocycles. The van der Waals surface area contributed by atoms with Crippen LogP contribution in [0.4, 0.5) is 0 Å². The smallest absolute Gasteiger partial charge is 0.337 e. The molecule has 2 nitrogen and oxygen atoms in total. The first-order valence-corrected chi connectivity index (χ1v) is 3.68. The fourth-order valence-electron chi connectivity index (χ4n) is 0.488. The van der Waals surface area contributed by atoms with Gasteiger partial charge >= 0.3 is 5.97 Å². The molecule has 60 valence electrons. The third kappa shape index (κ3) is 3.78. The molecule has 0 atom stereocenters. The summed E-state index contributed by atoms with van der Waals surface area (Å²) in [7, 11) is 1.32. The first-order chi connectivity index (χ1) is 5.11. The van der Waals surface area contributed by atoms with Crippen molar-refractivity contribution in [2.75, 3.05) is 7.11 Å². The van der Waals surface area contributed by atoms with Gasteiger partial charge in [0.1, 0.15) is 0 Å². The molecule has 0 aromatic heterocycles. The summed E-state index contributed by atoms with van der Waals surface area (Å²) in [5.41, 5.74) is 0.384. The lowest BCUT2D eigenvalue weighted by molar-refractivity contribution is -0.135. The van der Waals surface area contributed by atoms with Crippen LogP contribution in [0.15, 0.2) is 35.4 Å². The predicted molar refractivity (Wildman–Crippen MR) is 48.4 cm³/mol. The van der Waals surface area contributed by atoms with E-state index in [4.69, 9.17) is 0 Å². The van der Waals surface area contributed by atoms with Crippen LogP contribution < -0.4 is 0 Å². The SMILES string of the molecule is C=CC(=CC(=C)Br)C(=O)OC. The van der Waals surface area contributed by atoms with E-state index in [9.17, 15) is 4.79 Å². The van der Waals surface area contributed by atoms with Crippen LogP contribution in [-0.4, -0.2) is 13.1 Å². The van der Waals surface area contributed by atoms with Crippen molar-refractivity contribution in [1.29, 1.82) is 0 Å². The third-order valence-electron chi connectivity index (χ3n) is 0.953. The van der Waals surface area contributed by atoms with Crippen molar-refractivity contribution < 1.29 is 9.53 Å². The Morgan fingerprint density at radius 3 is 2.45 bits per heavy atom. The second-order valence-electron chi connectivity index (χ2n) is 1.74. The average molecular weight is 217 g/mol. The minimum atomic E-state index is -0.416. The van der Waals surface area contributed by atoms with Crippen LogP contribution in [0.25, 0.3) is 0 Å². The molecule has 0 aromatic rings. The number of ether oxygens (including phenoxy) is 1. The number of carbonyl (C=O) groups excluding carboxylic acids is 1. The molecule has 0 bridgehead atoms. The number of halogens is 1. The number of carbonyl (C=O) groups is 1. The molecule has 0 unspecified atom stereocenters. The van der Waals surface area contributed by atoms with Gasteiger partial charge in [0.15, 0.2) is 0 Å². The Balaban J connectivity index is 4.52. The zero-order chi connectivity index (χ0) is 8.85. The summed E-state index contributed by atoms with van der Waals surface area (Å²) in [6.45, 7) is 7.00. The maximum atomic E-state index is 10.9. The van der Waals surface area contributed by atoms with Gasteiger partial charge in [0.2, 0.25) is 0 Å². The van der Waals surface area contributed by atoms with Crippen molar-refractivity contribution >= 4 is 21.9 Å². The van der Waals surface area contributed by atoms with E-state index in [2.05, 4.69) is 33.8 Å². The van der Waals surface area contributed by atoms with Crippen molar-refractivity contribution in [3.8, 4) is 0 Å². The van der Waals surface area contributed by atoms with Crippen molar-refractivity contribution in [2.24, 2.45) is 0 Å². The fourth-order valence-corrected chi connectivity index (χ4v) is 0.734. The molecule has 0 saturated carbocycles. The predicted octanol–water partition coefficient (Wildman–Crippen LogP) is 2.18. The van der Waals surface area contributed by atoms with E-state index in [1.165, 1.54) is 13.2 Å². The number of rotatable bonds is 3. The first kappa shape index (κ1) is 10.2. The van der Waals surface area contributed by atoms with Crippen molar-refractivity contribution in [2.45, 2.75) is 0 Å². The van der Waals surface area contributed by atoms with Gasteiger partial charge < -0.3 is 4.74 Å². The molecule has 0 rings (SSSR count). The standard InChI is InChI=1S/C8H9BrO2/c1-4-7(5-6(2)9)8(10)11-3/h4-5H,1-2H2,3H3. The molecule has 0 heterocycles. The normalized spacial score (nSPS) is 10.5. The maximum Gasteiger partial charge on any atom is 0.337 e. The van der Waals surface area contributed by atoms with Gasteiger partial charge in [0.25, 0.3) is 0 Å². The van der Waals surface area contributed by atoms with Crippen molar-refractivity contribution in [3.63, 3.8) is 0 Å². The van der Waals surface area contributed by atoms with Gasteiger partial charge in [-0.25, -0.2) is 4.79 Å². The van der Waals surface area contributed by atoms with Gasteiger partial charge in [0, 0.05) is 4.48 Å². The van der Waals surface area contributed by atoms with Gasteiger partial charge in [-0.1, -0.05) is 35.2 Å². The van der Waals surface area contributed by atoms with Gasteiger partial charge in [-0.2, -0.15) is 0 Å². The minimum absolute atomic E-state index is 0.384. The Morgan fingerprint density at radius 1 is 1.64 bits per heavy atom. The molecule has 0 amide bonds. The van der Waals surface area contributed by atoms with Crippen molar-refractivity contribution in [1.82, 2.24) is 0 Å². The zero-order valence-corrected chi connectivity index (χ0v) is 7.85. The van der Waals surface area contributed by atoms with E-state index in [-0.39, 0.29) is 0 Å². The van der Waals surface area contributed by atoms with Gasteiger partial charge in [-0.15, -0.1) is 0 Å². The summed E-state index contributed by atoms with van der Waals surface area (Å²) in [6, 6.07) is 0. The summed E-state index contributed by atoms with van der Waals surface area (Å²) < 4.78 is 5.07. The summed E-state index contributed by atoms with van der Waals surface area (Å²) in [4.78, 5) is 10.9. The molecule has 0 aliphatic heterocycles. The van der Waals surface area contributed by atoms with Crippen LogP contribution in [0.3, 0.4) is 0 Å². The molecule has 11 heavy (non-hydrogen) atoms. The summed E-state index contributed by atoms with van der Waals surface area (Å²) in [6.07, 6.45) is 2.96. The Morgan fingerprint density at radius 2 is 2.18 bits per heavy atom. The molecular formula is C8H9BrO2. The monoisotopic (exact) mass is 216 g/mol. The summed E-state index contributed by atoms with van der Waals surface area (Å²) >= 11 is 3.09. The van der Waals surface area contributed by atoms with E-state index < -0.39 is 5.97 Å². The van der Waals surface area contributed by atoms with Crippen LogP contribution in [0.1, 0.15) is 0 Å². The molecule has 0 N–H and O–H groups in total. The topological polar surface area (TPSA) is 26.3 Å². The quantitative estimate of drug-likeness (QED) is 0.411. The highest BCUT2D eigenvalue weighted by molar-refractivity contribution is 9.11. The van der Waals surface area contributed by atoms with E-state index in [1.54, 1.807) is 6.08 Å². The maximum absolute atomic E-state index is 10.9. The number of allylic oxidation sites excluding steroid dienone is 2. The highest BCUT2D eigenvalue weighted by atomic mass is 79.9. The molecule has 3 heteroatoms. The average Bonchev–Trinajstić information content (AvgIpc) is 1.98. The van der Waals surface area contributed by atoms with E-state index in [0.29, 0.717) is 10.1 Å². The van der Waals surface area contributed by atoms with Crippen molar-refractivity contribution in [3.05, 3.63) is 35.4 Å². The van der Waals surface area contributed by atoms with E-state index >= 15 is 0 Å². The molecule has 0 saturated heterocycles. The zero-order valence-electron chi connectivity index (χ0n) is 6.26. The number of hydrogen-bond acceptors (Lipinski definition) is 2. The summed E-state index contributed by atoms with van der Waals surface area (Å²) in [5, 5.41) is 0. The Bertz CT molecular complexity index is 216. The second kappa shape index (κ2) is 4.91. The van der Waals surface area contributed by atoms with Crippen LogP contribution in [-0.2, 0) is 9.53 Å². The Kier molecular flexibility index (Phi) is 4.54. The third-order valence-corrected chi connectivity index (χ3v) is 1.18. The Labute approximate surface area is 74.4 Å². The Hall–Kier alpha value is -0.830. The van der Waals surface area contributed by atoms with Gasteiger partial charge in [-0.05, 0) is 6.08 Å². The number of esters is 1. The van der Waals surface area contributed by atoms with E-state index in [0.717, 1.165) is 0 Å². The lowest BCUT2D eigenvalue weighted by atomic mass is 10.2. The molecule has 0 spiro atoms. The molecule has 0 aliphatic rings. The largest absolute Gasteiger partial charge is 0.465 e. The lowest BCUT2D eigenvalue weighted by Crippen LogP contribution is -2.01. The van der Waals surface area contributed by atoms with Crippen LogP contribution in [0.5, 0.6) is 0 Å². The molecular weight excluding hydrogens is 208 g/mol. The second-order valence-corrected chi connectivity index (χ2v) is 2.76. The van der Waals surface area contributed by atoms with Gasteiger partial charge in [-0.3, -0.25) is 0 Å². The van der Waals surface area contributed by atoms with Gasteiger partial charge in [0.05, 0.1) is 12.7 Å². The highest BCUT2D eigenvalue weighted by Crippen LogP contribution is 2.08. The molecule has 0 fully saturated rings.